The molecule has 2 unspecified atom stereocenters. The fraction of sp³-hybridized carbons (Fsp3) is 1.00. The predicted molar refractivity (Wildman–Crippen MR) is 78.9 cm³/mol. The van der Waals surface area contributed by atoms with Crippen molar-refractivity contribution < 1.29 is 31.2 Å². The summed E-state index contributed by atoms with van der Waals surface area (Å²) in [7, 11) is 0. The van der Waals surface area contributed by atoms with Gasteiger partial charge < -0.3 is 4.84 Å². The van der Waals surface area contributed by atoms with Gasteiger partial charge in [0.05, 0.1) is 6.61 Å². The quantitative estimate of drug-likeness (QED) is 0.417. The first kappa shape index (κ1) is 21.5. The monoisotopic (exact) mass is 363 g/mol. The lowest BCUT2D eigenvalue weighted by Crippen LogP contribution is -2.25. The van der Waals surface area contributed by atoms with Gasteiger partial charge in [0.15, 0.2) is 0 Å². The molecule has 8 heteroatoms. The van der Waals surface area contributed by atoms with E-state index in [4.69, 9.17) is 5.90 Å². The fourth-order valence-electron chi connectivity index (χ4n) is 3.83. The highest BCUT2D eigenvalue weighted by Crippen LogP contribution is 2.40. The molecule has 0 bridgehead atoms. The van der Waals surface area contributed by atoms with Crippen LogP contribution in [0.4, 0.5) is 26.3 Å². The van der Waals surface area contributed by atoms with E-state index in [1.54, 1.807) is 0 Å². The Hall–Kier alpha value is -0.500. The first-order valence-electron chi connectivity index (χ1n) is 8.54. The standard InChI is InChI=1S/C16H27F6NO/c17-15(18,19)6-1-3-12-9-13(4-2-7-16(20,21)22)11-14(10-12)5-8-24-23/h12-14H,1-11,23H2. The van der Waals surface area contributed by atoms with Gasteiger partial charge in [-0.25, -0.2) is 5.90 Å². The molecule has 0 heterocycles. The van der Waals surface area contributed by atoms with E-state index in [2.05, 4.69) is 4.84 Å². The van der Waals surface area contributed by atoms with E-state index in [-0.39, 0.29) is 30.6 Å². The Labute approximate surface area is 139 Å². The molecule has 0 saturated heterocycles. The van der Waals surface area contributed by atoms with Crippen molar-refractivity contribution in [3.05, 3.63) is 0 Å². The summed E-state index contributed by atoms with van der Waals surface area (Å²) in [5.41, 5.74) is 0. The average molecular weight is 363 g/mol. The van der Waals surface area contributed by atoms with Crippen LogP contribution in [0.5, 0.6) is 0 Å². The van der Waals surface area contributed by atoms with Gasteiger partial charge >= 0.3 is 12.4 Å². The van der Waals surface area contributed by atoms with Crippen molar-refractivity contribution in [1.29, 1.82) is 0 Å². The molecule has 0 aromatic carbocycles. The Morgan fingerprint density at radius 1 is 0.708 bits per heavy atom. The van der Waals surface area contributed by atoms with E-state index in [0.29, 0.717) is 25.9 Å². The van der Waals surface area contributed by atoms with Crippen molar-refractivity contribution in [3.8, 4) is 0 Å². The number of alkyl halides is 6. The highest BCUT2D eigenvalue weighted by Gasteiger charge is 2.32. The van der Waals surface area contributed by atoms with Crippen LogP contribution >= 0.6 is 0 Å². The number of hydrogen-bond acceptors (Lipinski definition) is 2. The maximum absolute atomic E-state index is 12.3. The molecular formula is C16H27F6NO. The van der Waals surface area contributed by atoms with Crippen molar-refractivity contribution in [3.63, 3.8) is 0 Å². The summed E-state index contributed by atoms with van der Waals surface area (Å²) in [6.07, 6.45) is -5.66. The van der Waals surface area contributed by atoms with Crippen LogP contribution in [0, 0.1) is 17.8 Å². The predicted octanol–water partition coefficient (Wildman–Crippen LogP) is 5.76. The van der Waals surface area contributed by atoms with E-state index in [1.807, 2.05) is 0 Å². The Morgan fingerprint density at radius 3 is 1.42 bits per heavy atom. The largest absolute Gasteiger partial charge is 0.389 e. The van der Waals surface area contributed by atoms with Crippen LogP contribution in [-0.2, 0) is 4.84 Å². The lowest BCUT2D eigenvalue weighted by Gasteiger charge is -2.35. The molecule has 2 N–H and O–H groups in total. The van der Waals surface area contributed by atoms with Crippen LogP contribution in [0.25, 0.3) is 0 Å². The van der Waals surface area contributed by atoms with Gasteiger partial charge in [-0.3, -0.25) is 0 Å². The number of halogens is 6. The Balaban J connectivity index is 2.45. The SMILES string of the molecule is NOCCC1CC(CCCC(F)(F)F)CC(CCCC(F)(F)F)C1. The molecular weight excluding hydrogens is 336 g/mol. The fourth-order valence-corrected chi connectivity index (χ4v) is 3.83. The van der Waals surface area contributed by atoms with Crippen LogP contribution in [0.1, 0.15) is 64.2 Å². The molecule has 2 atom stereocenters. The third kappa shape index (κ3) is 10.4. The highest BCUT2D eigenvalue weighted by molar-refractivity contribution is 4.80. The lowest BCUT2D eigenvalue weighted by molar-refractivity contribution is -0.136. The Kier molecular flexibility index (Phi) is 8.84. The molecule has 24 heavy (non-hydrogen) atoms. The van der Waals surface area contributed by atoms with Crippen LogP contribution in [0.2, 0.25) is 0 Å². The summed E-state index contributed by atoms with van der Waals surface area (Å²) in [4.78, 5) is 4.57. The van der Waals surface area contributed by atoms with Crippen molar-refractivity contribution in [1.82, 2.24) is 0 Å². The smallest absolute Gasteiger partial charge is 0.305 e. The number of hydrogen-bond donors (Lipinski definition) is 1. The molecule has 1 fully saturated rings. The van der Waals surface area contributed by atoms with Crippen LogP contribution in [0.3, 0.4) is 0 Å². The summed E-state index contributed by atoms with van der Waals surface area (Å²) in [6.45, 7) is 0.370. The molecule has 0 aromatic rings. The zero-order valence-corrected chi connectivity index (χ0v) is 13.8. The lowest BCUT2D eigenvalue weighted by atomic mass is 9.71. The van der Waals surface area contributed by atoms with Crippen LogP contribution in [-0.4, -0.2) is 19.0 Å². The van der Waals surface area contributed by atoms with Gasteiger partial charge in [0.1, 0.15) is 0 Å². The van der Waals surface area contributed by atoms with E-state index in [9.17, 15) is 26.3 Å². The normalized spacial score (nSPS) is 25.9. The summed E-state index contributed by atoms with van der Waals surface area (Å²) in [6, 6.07) is 0. The minimum atomic E-state index is -4.15. The molecule has 1 aliphatic carbocycles. The molecule has 1 aliphatic rings. The summed E-state index contributed by atoms with van der Waals surface area (Å²) >= 11 is 0. The zero-order chi connectivity index (χ0) is 18.2. The molecule has 0 spiro atoms. The minimum Gasteiger partial charge on any atom is -0.305 e. The van der Waals surface area contributed by atoms with Crippen molar-refractivity contribution in [2.45, 2.75) is 76.6 Å². The van der Waals surface area contributed by atoms with Crippen molar-refractivity contribution in [2.24, 2.45) is 23.7 Å². The van der Waals surface area contributed by atoms with E-state index >= 15 is 0 Å². The molecule has 1 rings (SSSR count). The van der Waals surface area contributed by atoms with E-state index in [1.165, 1.54) is 0 Å². The average Bonchev–Trinajstić information content (AvgIpc) is 2.42. The number of nitrogens with two attached hydrogens (primary N) is 1. The first-order chi connectivity index (χ1) is 11.1. The topological polar surface area (TPSA) is 35.2 Å². The zero-order valence-electron chi connectivity index (χ0n) is 13.8. The summed E-state index contributed by atoms with van der Waals surface area (Å²) < 4.78 is 73.6. The Bertz CT molecular complexity index is 316. The van der Waals surface area contributed by atoms with E-state index < -0.39 is 25.2 Å². The maximum atomic E-state index is 12.3. The molecule has 1 saturated carbocycles. The second kappa shape index (κ2) is 9.85. The van der Waals surface area contributed by atoms with Gasteiger partial charge in [0.25, 0.3) is 0 Å². The highest BCUT2D eigenvalue weighted by atomic mass is 19.4. The molecule has 0 radical (unpaired) electrons. The van der Waals surface area contributed by atoms with Gasteiger partial charge in [0, 0.05) is 12.8 Å². The van der Waals surface area contributed by atoms with Gasteiger partial charge in [-0.1, -0.05) is 12.8 Å². The molecule has 2 nitrogen and oxygen atoms in total. The summed E-state index contributed by atoms with van der Waals surface area (Å²) in [5, 5.41) is 0. The molecule has 0 amide bonds. The van der Waals surface area contributed by atoms with Gasteiger partial charge in [-0.05, 0) is 56.3 Å². The maximum Gasteiger partial charge on any atom is 0.389 e. The second-order valence-electron chi connectivity index (χ2n) is 6.98. The van der Waals surface area contributed by atoms with Gasteiger partial charge in [-0.2, -0.15) is 26.3 Å². The third-order valence-electron chi connectivity index (χ3n) is 4.79. The van der Waals surface area contributed by atoms with Crippen molar-refractivity contribution >= 4 is 0 Å². The van der Waals surface area contributed by atoms with Crippen molar-refractivity contribution in [2.75, 3.05) is 6.61 Å². The first-order valence-corrected chi connectivity index (χ1v) is 8.54. The van der Waals surface area contributed by atoms with Gasteiger partial charge in [-0.15, -0.1) is 0 Å². The molecule has 144 valence electrons. The Morgan fingerprint density at radius 2 is 1.08 bits per heavy atom. The summed E-state index contributed by atoms with van der Waals surface area (Å²) in [5.74, 6) is 5.60. The van der Waals surface area contributed by atoms with Gasteiger partial charge in [0.2, 0.25) is 0 Å². The van der Waals surface area contributed by atoms with E-state index in [0.717, 1.165) is 19.3 Å². The second-order valence-corrected chi connectivity index (χ2v) is 6.98. The molecule has 0 aliphatic heterocycles. The molecule has 0 aromatic heterocycles. The minimum absolute atomic E-state index is 0.0869. The van der Waals surface area contributed by atoms with Crippen LogP contribution < -0.4 is 5.90 Å². The number of rotatable bonds is 9. The third-order valence-corrected chi connectivity index (χ3v) is 4.79. The van der Waals surface area contributed by atoms with Crippen LogP contribution in [0.15, 0.2) is 0 Å².